The van der Waals surface area contributed by atoms with Gasteiger partial charge < -0.3 is 14.1 Å². The van der Waals surface area contributed by atoms with Crippen LogP contribution in [0.5, 0.6) is 5.75 Å². The summed E-state index contributed by atoms with van der Waals surface area (Å²) in [6.07, 6.45) is 6.85. The largest absolute Gasteiger partial charge is 0.489 e. The van der Waals surface area contributed by atoms with Crippen LogP contribution in [0.2, 0.25) is 0 Å². The Morgan fingerprint density at radius 3 is 2.68 bits per heavy atom. The van der Waals surface area contributed by atoms with Gasteiger partial charge in [0.05, 0.1) is 25.2 Å². The third-order valence-electron chi connectivity index (χ3n) is 3.23. The fraction of sp³-hybridized carbons (Fsp3) is 0.438. The summed E-state index contributed by atoms with van der Waals surface area (Å²) in [4.78, 5) is 21.7. The molecule has 0 radical (unpaired) electrons. The van der Waals surface area contributed by atoms with Crippen molar-refractivity contribution in [3.63, 3.8) is 0 Å². The molecule has 0 bridgehead atoms. The maximum absolute atomic E-state index is 11.5. The average Bonchev–Trinajstić information content (AvgIpc) is 3.05. The third kappa shape index (κ3) is 4.58. The molecule has 6 nitrogen and oxygen atoms in total. The van der Waals surface area contributed by atoms with Crippen molar-refractivity contribution in [1.82, 2.24) is 14.9 Å². The van der Waals surface area contributed by atoms with Gasteiger partial charge in [-0.05, 0) is 18.6 Å². The maximum atomic E-state index is 11.5. The van der Waals surface area contributed by atoms with E-state index in [0.29, 0.717) is 30.5 Å². The third-order valence-corrected chi connectivity index (χ3v) is 3.23. The van der Waals surface area contributed by atoms with E-state index in [4.69, 9.17) is 9.15 Å². The van der Waals surface area contributed by atoms with Crippen LogP contribution >= 0.6 is 0 Å². The van der Waals surface area contributed by atoms with E-state index < -0.39 is 0 Å². The standard InChI is InChI=1S/C16H21N3O3/c1-3-4-7-19(13(2)20)8-10-21-14-11-17-16(18-12-14)15-6-5-9-22-15/h5-6,9,11-12H,3-4,7-8,10H2,1-2H3. The second-order valence-electron chi connectivity index (χ2n) is 4.93. The number of amides is 1. The summed E-state index contributed by atoms with van der Waals surface area (Å²) < 4.78 is 10.8. The molecule has 0 aromatic carbocycles. The highest BCUT2D eigenvalue weighted by molar-refractivity contribution is 5.73. The minimum atomic E-state index is 0.0708. The zero-order valence-electron chi connectivity index (χ0n) is 13.0. The van der Waals surface area contributed by atoms with Gasteiger partial charge in [0.1, 0.15) is 6.61 Å². The molecule has 0 saturated carbocycles. The maximum Gasteiger partial charge on any atom is 0.219 e. The van der Waals surface area contributed by atoms with E-state index in [1.165, 1.54) is 0 Å². The second kappa shape index (κ2) is 8.17. The topological polar surface area (TPSA) is 68.5 Å². The van der Waals surface area contributed by atoms with Gasteiger partial charge in [0.15, 0.2) is 17.3 Å². The number of nitrogens with zero attached hydrogens (tertiary/aromatic N) is 3. The molecule has 118 valence electrons. The summed E-state index contributed by atoms with van der Waals surface area (Å²) in [6.45, 7) is 5.44. The van der Waals surface area contributed by atoms with Crippen molar-refractivity contribution < 1.29 is 13.9 Å². The fourth-order valence-corrected chi connectivity index (χ4v) is 1.97. The molecule has 6 heteroatoms. The normalized spacial score (nSPS) is 10.5. The van der Waals surface area contributed by atoms with E-state index in [-0.39, 0.29) is 5.91 Å². The van der Waals surface area contributed by atoms with E-state index in [2.05, 4.69) is 16.9 Å². The van der Waals surface area contributed by atoms with Gasteiger partial charge in [-0.3, -0.25) is 4.79 Å². The van der Waals surface area contributed by atoms with Gasteiger partial charge in [-0.15, -0.1) is 0 Å². The molecule has 0 saturated heterocycles. The van der Waals surface area contributed by atoms with Crippen LogP contribution in [-0.4, -0.2) is 40.5 Å². The number of carbonyl (C=O) groups excluding carboxylic acids is 1. The van der Waals surface area contributed by atoms with E-state index >= 15 is 0 Å². The molecule has 2 aromatic rings. The molecule has 0 atom stereocenters. The van der Waals surface area contributed by atoms with Crippen molar-refractivity contribution in [3.05, 3.63) is 30.8 Å². The molecule has 22 heavy (non-hydrogen) atoms. The first-order valence-electron chi connectivity index (χ1n) is 7.45. The number of hydrogen-bond donors (Lipinski definition) is 0. The predicted octanol–water partition coefficient (Wildman–Crippen LogP) is 2.76. The molecule has 0 aliphatic carbocycles. The van der Waals surface area contributed by atoms with Crippen molar-refractivity contribution in [1.29, 1.82) is 0 Å². The molecule has 0 spiro atoms. The number of carbonyl (C=O) groups is 1. The van der Waals surface area contributed by atoms with Crippen LogP contribution in [0, 0.1) is 0 Å². The van der Waals surface area contributed by atoms with Crippen molar-refractivity contribution in [2.75, 3.05) is 19.7 Å². The predicted molar refractivity (Wildman–Crippen MR) is 82.4 cm³/mol. The summed E-state index contributed by atoms with van der Waals surface area (Å²) in [5.41, 5.74) is 0. The van der Waals surface area contributed by atoms with Gasteiger partial charge in [0.25, 0.3) is 0 Å². The van der Waals surface area contributed by atoms with Gasteiger partial charge in [0.2, 0.25) is 5.91 Å². The van der Waals surface area contributed by atoms with E-state index in [1.807, 2.05) is 0 Å². The van der Waals surface area contributed by atoms with Gasteiger partial charge in [-0.1, -0.05) is 13.3 Å². The summed E-state index contributed by atoms with van der Waals surface area (Å²) in [5, 5.41) is 0. The summed E-state index contributed by atoms with van der Waals surface area (Å²) in [7, 11) is 0. The van der Waals surface area contributed by atoms with E-state index in [9.17, 15) is 4.79 Å². The summed E-state index contributed by atoms with van der Waals surface area (Å²) in [5.74, 6) is 1.79. The number of hydrogen-bond acceptors (Lipinski definition) is 5. The molecule has 2 heterocycles. The molecule has 2 rings (SSSR count). The van der Waals surface area contributed by atoms with Gasteiger partial charge >= 0.3 is 0 Å². The van der Waals surface area contributed by atoms with Crippen molar-refractivity contribution in [3.8, 4) is 17.3 Å². The Bertz CT molecular complexity index is 567. The zero-order chi connectivity index (χ0) is 15.8. The van der Waals surface area contributed by atoms with E-state index in [1.54, 1.807) is 42.6 Å². The number of ether oxygens (including phenoxy) is 1. The highest BCUT2D eigenvalue weighted by Gasteiger charge is 2.08. The molecule has 0 aliphatic heterocycles. The van der Waals surface area contributed by atoms with Gasteiger partial charge in [-0.25, -0.2) is 9.97 Å². The van der Waals surface area contributed by atoms with Crippen molar-refractivity contribution in [2.24, 2.45) is 0 Å². The lowest BCUT2D eigenvalue weighted by atomic mass is 10.3. The van der Waals surface area contributed by atoms with Crippen molar-refractivity contribution in [2.45, 2.75) is 26.7 Å². The molecule has 2 aromatic heterocycles. The molecule has 0 N–H and O–H groups in total. The Morgan fingerprint density at radius 2 is 2.09 bits per heavy atom. The van der Waals surface area contributed by atoms with Gasteiger partial charge in [0, 0.05) is 13.5 Å². The van der Waals surface area contributed by atoms with Crippen LogP contribution in [0.15, 0.2) is 35.2 Å². The average molecular weight is 303 g/mol. The lowest BCUT2D eigenvalue weighted by Gasteiger charge is -2.20. The second-order valence-corrected chi connectivity index (χ2v) is 4.93. The molecule has 0 aliphatic rings. The first-order valence-corrected chi connectivity index (χ1v) is 7.45. The molecular weight excluding hydrogens is 282 g/mol. The van der Waals surface area contributed by atoms with Crippen LogP contribution < -0.4 is 4.74 Å². The van der Waals surface area contributed by atoms with Gasteiger partial charge in [-0.2, -0.15) is 0 Å². The fourth-order valence-electron chi connectivity index (χ4n) is 1.97. The first kappa shape index (κ1) is 16.0. The minimum Gasteiger partial charge on any atom is -0.489 e. The van der Waals surface area contributed by atoms with Crippen LogP contribution in [0.25, 0.3) is 11.6 Å². The monoisotopic (exact) mass is 303 g/mol. The summed E-state index contributed by atoms with van der Waals surface area (Å²) >= 11 is 0. The van der Waals surface area contributed by atoms with Crippen LogP contribution in [0.3, 0.4) is 0 Å². The number of aromatic nitrogens is 2. The number of furan rings is 1. The minimum absolute atomic E-state index is 0.0708. The van der Waals surface area contributed by atoms with Crippen LogP contribution in [0.1, 0.15) is 26.7 Å². The van der Waals surface area contributed by atoms with Crippen molar-refractivity contribution >= 4 is 5.91 Å². The lowest BCUT2D eigenvalue weighted by molar-refractivity contribution is -0.129. The smallest absolute Gasteiger partial charge is 0.219 e. The quantitative estimate of drug-likeness (QED) is 0.750. The highest BCUT2D eigenvalue weighted by atomic mass is 16.5. The number of unbranched alkanes of at least 4 members (excludes halogenated alkanes) is 1. The Labute approximate surface area is 130 Å². The van der Waals surface area contributed by atoms with E-state index in [0.717, 1.165) is 19.4 Å². The Hall–Kier alpha value is -2.37. The number of rotatable bonds is 8. The zero-order valence-corrected chi connectivity index (χ0v) is 13.0. The Balaban J connectivity index is 1.82. The molecule has 0 unspecified atom stereocenters. The summed E-state index contributed by atoms with van der Waals surface area (Å²) in [6, 6.07) is 3.59. The Morgan fingerprint density at radius 1 is 1.32 bits per heavy atom. The first-order chi connectivity index (χ1) is 10.7. The molecule has 0 fully saturated rings. The molecule has 1 amide bonds. The Kier molecular flexibility index (Phi) is 5.94. The van der Waals surface area contributed by atoms with Crippen LogP contribution in [-0.2, 0) is 4.79 Å². The lowest BCUT2D eigenvalue weighted by Crippen LogP contribution is -2.33. The van der Waals surface area contributed by atoms with Crippen LogP contribution in [0.4, 0.5) is 0 Å². The molecular formula is C16H21N3O3. The SMILES string of the molecule is CCCCN(CCOc1cnc(-c2ccco2)nc1)C(C)=O. The highest BCUT2D eigenvalue weighted by Crippen LogP contribution is 2.16.